The zero-order valence-electron chi connectivity index (χ0n) is 9.93. The predicted molar refractivity (Wildman–Crippen MR) is 62.6 cm³/mol. The quantitative estimate of drug-likeness (QED) is 0.596. The Kier molecular flexibility index (Phi) is 7.45. The number of hydrogen-bond donors (Lipinski definition) is 1. The summed E-state index contributed by atoms with van der Waals surface area (Å²) in [6.07, 6.45) is 2.56. The number of nitrogens with one attached hydrogen (secondary N) is 1. The summed E-state index contributed by atoms with van der Waals surface area (Å²) in [4.78, 5) is 0. The van der Waals surface area contributed by atoms with Crippen molar-refractivity contribution in [2.75, 3.05) is 6.54 Å². The van der Waals surface area contributed by atoms with Crippen LogP contribution in [0.15, 0.2) is 0 Å². The lowest BCUT2D eigenvalue weighted by atomic mass is 9.54. The van der Waals surface area contributed by atoms with Gasteiger partial charge in [0.1, 0.15) is 7.28 Å². The van der Waals surface area contributed by atoms with E-state index in [2.05, 4.69) is 47.2 Å². The van der Waals surface area contributed by atoms with Crippen LogP contribution in [0.4, 0.5) is 0 Å². The van der Waals surface area contributed by atoms with Crippen molar-refractivity contribution < 1.29 is 0 Å². The average Bonchev–Trinajstić information content (AvgIpc) is 2.01. The van der Waals surface area contributed by atoms with Gasteiger partial charge in [-0.1, -0.05) is 52.7 Å². The van der Waals surface area contributed by atoms with Crippen LogP contribution in [0.2, 0.25) is 11.6 Å². The molecule has 2 heteroatoms. The van der Waals surface area contributed by atoms with Gasteiger partial charge in [0.05, 0.1) is 0 Å². The minimum absolute atomic E-state index is 0.622. The topological polar surface area (TPSA) is 12.0 Å². The van der Waals surface area contributed by atoms with E-state index < -0.39 is 0 Å². The summed E-state index contributed by atoms with van der Waals surface area (Å²) in [5, 5.41) is 3.46. The first-order valence-corrected chi connectivity index (χ1v) is 5.64. The van der Waals surface area contributed by atoms with Gasteiger partial charge in [-0.05, 0) is 13.0 Å². The fourth-order valence-corrected chi connectivity index (χ4v) is 1.54. The van der Waals surface area contributed by atoms with Crippen LogP contribution in [0.5, 0.6) is 0 Å². The zero-order chi connectivity index (χ0) is 10.3. The molecule has 0 heterocycles. The Morgan fingerprint density at radius 1 is 1.15 bits per heavy atom. The van der Waals surface area contributed by atoms with E-state index in [0.717, 1.165) is 18.2 Å². The first-order valence-electron chi connectivity index (χ1n) is 5.64. The maximum absolute atomic E-state index is 3.46. The van der Waals surface area contributed by atoms with E-state index in [-0.39, 0.29) is 0 Å². The van der Waals surface area contributed by atoms with Gasteiger partial charge in [-0.15, -0.1) is 0 Å². The van der Waals surface area contributed by atoms with Crippen molar-refractivity contribution in [3.05, 3.63) is 0 Å². The lowest BCUT2D eigenvalue weighted by molar-refractivity contribution is 0.551. The van der Waals surface area contributed by atoms with Crippen LogP contribution in [0.3, 0.4) is 0 Å². The molecule has 0 saturated heterocycles. The summed E-state index contributed by atoms with van der Waals surface area (Å²) in [6.45, 7) is 12.4. The lowest BCUT2D eigenvalue weighted by Gasteiger charge is -2.17. The van der Waals surface area contributed by atoms with E-state index in [1.807, 2.05) is 0 Å². The molecule has 0 saturated carbocycles. The van der Waals surface area contributed by atoms with E-state index >= 15 is 0 Å². The third kappa shape index (κ3) is 8.36. The lowest BCUT2D eigenvalue weighted by Crippen LogP contribution is -2.25. The molecule has 1 unspecified atom stereocenters. The van der Waals surface area contributed by atoms with E-state index in [0.29, 0.717) is 6.04 Å². The molecule has 1 radical (unpaired) electrons. The van der Waals surface area contributed by atoms with Crippen molar-refractivity contribution in [1.29, 1.82) is 0 Å². The Morgan fingerprint density at radius 3 is 2.15 bits per heavy atom. The van der Waals surface area contributed by atoms with Crippen molar-refractivity contribution in [1.82, 2.24) is 5.32 Å². The Morgan fingerprint density at radius 2 is 1.77 bits per heavy atom. The summed E-state index contributed by atoms with van der Waals surface area (Å²) in [5.41, 5.74) is 0. The van der Waals surface area contributed by atoms with Crippen molar-refractivity contribution in [3.63, 3.8) is 0 Å². The van der Waals surface area contributed by atoms with Crippen molar-refractivity contribution >= 4 is 7.28 Å². The molecule has 0 aliphatic heterocycles. The third-order valence-electron chi connectivity index (χ3n) is 2.25. The van der Waals surface area contributed by atoms with Gasteiger partial charge in [0.2, 0.25) is 0 Å². The SMILES string of the molecule is CCC([B]C(C)C)CCNC(C)C. The molecule has 0 fully saturated rings. The standard InChI is InChI=1S/C11H25BN/c1-6-11(12-9(2)3)7-8-13-10(4)5/h9-11,13H,6-8H2,1-5H3. The summed E-state index contributed by atoms with van der Waals surface area (Å²) in [5.74, 6) is 1.52. The van der Waals surface area contributed by atoms with Gasteiger partial charge < -0.3 is 5.32 Å². The highest BCUT2D eigenvalue weighted by Crippen LogP contribution is 2.18. The molecule has 0 amide bonds. The van der Waals surface area contributed by atoms with Crippen molar-refractivity contribution in [2.45, 2.75) is 65.1 Å². The Hall–Kier alpha value is 0.0249. The van der Waals surface area contributed by atoms with Gasteiger partial charge >= 0.3 is 0 Å². The number of rotatable bonds is 7. The first-order chi connectivity index (χ1) is 6.06. The summed E-state index contributed by atoms with van der Waals surface area (Å²) in [7, 11) is 2.47. The molecular formula is C11H25BN. The van der Waals surface area contributed by atoms with Crippen LogP contribution in [-0.2, 0) is 0 Å². The molecule has 1 N–H and O–H groups in total. The maximum Gasteiger partial charge on any atom is 0.117 e. The van der Waals surface area contributed by atoms with Crippen LogP contribution in [-0.4, -0.2) is 19.9 Å². The van der Waals surface area contributed by atoms with E-state index in [1.54, 1.807) is 0 Å². The molecular weight excluding hydrogens is 157 g/mol. The van der Waals surface area contributed by atoms with Gasteiger partial charge in [0, 0.05) is 6.04 Å². The molecule has 0 aromatic heterocycles. The van der Waals surface area contributed by atoms with Crippen LogP contribution in [0, 0.1) is 0 Å². The minimum Gasteiger partial charge on any atom is -0.315 e. The fraction of sp³-hybridized carbons (Fsp3) is 1.00. The molecule has 77 valence electrons. The number of hydrogen-bond acceptors (Lipinski definition) is 1. The summed E-state index contributed by atoms with van der Waals surface area (Å²) < 4.78 is 0. The normalized spacial score (nSPS) is 13.8. The summed E-state index contributed by atoms with van der Waals surface area (Å²) >= 11 is 0. The molecule has 0 bridgehead atoms. The smallest absolute Gasteiger partial charge is 0.117 e. The molecule has 0 aromatic carbocycles. The Balaban J connectivity index is 3.48. The van der Waals surface area contributed by atoms with Crippen LogP contribution < -0.4 is 5.32 Å². The maximum atomic E-state index is 3.46. The van der Waals surface area contributed by atoms with Crippen molar-refractivity contribution in [3.8, 4) is 0 Å². The molecule has 0 spiro atoms. The molecule has 1 nitrogen and oxygen atoms in total. The van der Waals surface area contributed by atoms with Crippen molar-refractivity contribution in [2.24, 2.45) is 0 Å². The highest BCUT2D eigenvalue weighted by atomic mass is 14.9. The Labute approximate surface area is 84.9 Å². The largest absolute Gasteiger partial charge is 0.315 e. The molecule has 13 heavy (non-hydrogen) atoms. The second-order valence-electron chi connectivity index (χ2n) is 4.50. The highest BCUT2D eigenvalue weighted by Gasteiger charge is 2.09. The van der Waals surface area contributed by atoms with Gasteiger partial charge in [-0.3, -0.25) is 0 Å². The Bertz CT molecular complexity index is 113. The van der Waals surface area contributed by atoms with Gasteiger partial charge in [0.15, 0.2) is 0 Å². The molecule has 0 aromatic rings. The predicted octanol–water partition coefficient (Wildman–Crippen LogP) is 3.11. The van der Waals surface area contributed by atoms with Gasteiger partial charge in [-0.25, -0.2) is 0 Å². The molecule has 0 rings (SSSR count). The fourth-order valence-electron chi connectivity index (χ4n) is 1.54. The minimum atomic E-state index is 0.622. The summed E-state index contributed by atoms with van der Waals surface area (Å²) in [6, 6.07) is 0.622. The molecule has 0 aliphatic carbocycles. The van der Waals surface area contributed by atoms with E-state index in [4.69, 9.17) is 0 Å². The highest BCUT2D eigenvalue weighted by molar-refractivity contribution is 6.39. The molecule has 0 aliphatic rings. The van der Waals surface area contributed by atoms with E-state index in [9.17, 15) is 0 Å². The average molecular weight is 182 g/mol. The van der Waals surface area contributed by atoms with Crippen LogP contribution in [0.25, 0.3) is 0 Å². The molecule has 1 atom stereocenters. The monoisotopic (exact) mass is 182 g/mol. The second-order valence-corrected chi connectivity index (χ2v) is 4.50. The third-order valence-corrected chi connectivity index (χ3v) is 2.25. The van der Waals surface area contributed by atoms with Crippen LogP contribution >= 0.6 is 0 Å². The first kappa shape index (κ1) is 13.0. The second kappa shape index (κ2) is 7.43. The van der Waals surface area contributed by atoms with Crippen LogP contribution in [0.1, 0.15) is 47.5 Å². The van der Waals surface area contributed by atoms with E-state index in [1.165, 1.54) is 12.8 Å². The zero-order valence-corrected chi connectivity index (χ0v) is 9.93. The van der Waals surface area contributed by atoms with Gasteiger partial charge in [0.25, 0.3) is 0 Å². The van der Waals surface area contributed by atoms with Gasteiger partial charge in [-0.2, -0.15) is 0 Å².